The molecule has 0 aromatic heterocycles. The van der Waals surface area contributed by atoms with Gasteiger partial charge in [-0.3, -0.25) is 4.79 Å². The summed E-state index contributed by atoms with van der Waals surface area (Å²) in [6, 6.07) is 30.2. The van der Waals surface area contributed by atoms with Crippen LogP contribution in [0.25, 0.3) is 0 Å². The van der Waals surface area contributed by atoms with Crippen LogP contribution in [0.2, 0.25) is 0 Å². The molecule has 0 unspecified atom stereocenters. The van der Waals surface area contributed by atoms with Gasteiger partial charge >= 0.3 is 5.97 Å². The van der Waals surface area contributed by atoms with Crippen molar-refractivity contribution < 1.29 is 14.3 Å². The first-order valence-corrected chi connectivity index (χ1v) is 15.6. The molecule has 0 spiro atoms. The minimum atomic E-state index is -0.290. The molecule has 0 aliphatic carbocycles. The van der Waals surface area contributed by atoms with E-state index in [1.165, 1.54) is 29.2 Å². The van der Waals surface area contributed by atoms with Gasteiger partial charge in [0.2, 0.25) is 0 Å². The Bertz CT molecular complexity index is 1460. The molecule has 0 saturated carbocycles. The summed E-state index contributed by atoms with van der Waals surface area (Å²) in [4.78, 5) is 12.0. The molecule has 4 heteroatoms. The van der Waals surface area contributed by atoms with Gasteiger partial charge in [0.05, 0.1) is 6.61 Å². The van der Waals surface area contributed by atoms with Gasteiger partial charge < -0.3 is 14.8 Å². The fraction of sp³-hybridized carbons (Fsp3) is 0.375. The van der Waals surface area contributed by atoms with Gasteiger partial charge in [0.25, 0.3) is 0 Å². The zero-order chi connectivity index (χ0) is 32.1. The summed E-state index contributed by atoms with van der Waals surface area (Å²) in [5.74, 6) is 0.410. The maximum absolute atomic E-state index is 12.0. The van der Waals surface area contributed by atoms with Gasteiger partial charge in [-0.2, -0.15) is 0 Å². The minimum Gasteiger partial charge on any atom is -0.426 e. The molecule has 0 atom stereocenters. The predicted molar refractivity (Wildman–Crippen MR) is 181 cm³/mol. The summed E-state index contributed by atoms with van der Waals surface area (Å²) < 4.78 is 12.3. The Labute approximate surface area is 264 Å². The van der Waals surface area contributed by atoms with Crippen LogP contribution in [0.3, 0.4) is 0 Å². The molecule has 0 fully saturated rings. The Morgan fingerprint density at radius 3 is 1.52 bits per heavy atom. The van der Waals surface area contributed by atoms with Crippen LogP contribution < -0.4 is 10.1 Å². The van der Waals surface area contributed by atoms with Crippen molar-refractivity contribution >= 4 is 5.97 Å². The van der Waals surface area contributed by atoms with Gasteiger partial charge in [-0.25, -0.2) is 0 Å². The van der Waals surface area contributed by atoms with E-state index in [2.05, 4.69) is 146 Å². The second-order valence-electron chi connectivity index (χ2n) is 14.0. The average Bonchev–Trinajstić information content (AvgIpc) is 2.95. The van der Waals surface area contributed by atoms with Gasteiger partial charge in [-0.15, -0.1) is 0 Å². The lowest BCUT2D eigenvalue weighted by atomic mass is 9.78. The molecule has 4 aromatic rings. The molecule has 0 aliphatic heterocycles. The smallest absolute Gasteiger partial charge is 0.308 e. The van der Waals surface area contributed by atoms with Crippen LogP contribution in [0.15, 0.2) is 84.9 Å². The van der Waals surface area contributed by atoms with Crippen molar-refractivity contribution in [3.63, 3.8) is 0 Å². The van der Waals surface area contributed by atoms with Crippen molar-refractivity contribution in [2.75, 3.05) is 0 Å². The Morgan fingerprint density at radius 1 is 0.659 bits per heavy atom. The first-order valence-electron chi connectivity index (χ1n) is 15.6. The molecular weight excluding hydrogens is 542 g/mol. The number of rotatable bonds is 10. The van der Waals surface area contributed by atoms with Crippen LogP contribution in [0.1, 0.15) is 105 Å². The summed E-state index contributed by atoms with van der Waals surface area (Å²) in [5.41, 5.74) is 10.1. The van der Waals surface area contributed by atoms with E-state index in [1.807, 2.05) is 0 Å². The largest absolute Gasteiger partial charge is 0.426 e. The molecule has 0 saturated heterocycles. The van der Waals surface area contributed by atoms with E-state index in [4.69, 9.17) is 9.47 Å². The van der Waals surface area contributed by atoms with Gasteiger partial charge in [0.1, 0.15) is 11.9 Å². The van der Waals surface area contributed by atoms with E-state index in [-0.39, 0.29) is 22.9 Å². The lowest BCUT2D eigenvalue weighted by Crippen LogP contribution is -2.22. The van der Waals surface area contributed by atoms with E-state index < -0.39 is 0 Å². The highest BCUT2D eigenvalue weighted by Crippen LogP contribution is 2.41. The van der Waals surface area contributed by atoms with Gasteiger partial charge in [0, 0.05) is 31.1 Å². The quantitative estimate of drug-likeness (QED) is 0.147. The standard InChI is InChI=1S/C40H49NO3/c1-27-10-18-33(19-11-27)37(34-20-12-28(2)13-21-34)43-26-31-16-14-30(15-17-31)24-41-25-32-22-35(39(4,5)6)38(44-29(3)42)36(23-32)40(7,8)9/h10-23,37,41H,24-26H2,1-9H3. The van der Waals surface area contributed by atoms with Crippen LogP contribution in [0.5, 0.6) is 5.75 Å². The molecule has 0 amide bonds. The van der Waals surface area contributed by atoms with Crippen LogP contribution in [0.4, 0.5) is 0 Å². The lowest BCUT2D eigenvalue weighted by molar-refractivity contribution is -0.132. The zero-order valence-corrected chi connectivity index (χ0v) is 28.0. The highest BCUT2D eigenvalue weighted by Gasteiger charge is 2.28. The van der Waals surface area contributed by atoms with Crippen molar-refractivity contribution in [2.45, 2.75) is 98.9 Å². The van der Waals surface area contributed by atoms with Crippen molar-refractivity contribution in [3.8, 4) is 5.75 Å². The highest BCUT2D eigenvalue weighted by molar-refractivity contribution is 5.71. The van der Waals surface area contributed by atoms with E-state index in [0.717, 1.165) is 34.4 Å². The number of esters is 1. The number of hydrogen-bond donors (Lipinski definition) is 1. The molecule has 0 radical (unpaired) electrons. The molecule has 4 rings (SSSR count). The Hall–Kier alpha value is -3.73. The number of nitrogens with one attached hydrogen (secondary N) is 1. The second-order valence-corrected chi connectivity index (χ2v) is 14.0. The van der Waals surface area contributed by atoms with Crippen LogP contribution in [-0.4, -0.2) is 5.97 Å². The Morgan fingerprint density at radius 2 is 1.09 bits per heavy atom. The zero-order valence-electron chi connectivity index (χ0n) is 28.0. The number of ether oxygens (including phenoxy) is 2. The minimum absolute atomic E-state index is 0.124. The molecule has 0 heterocycles. The van der Waals surface area contributed by atoms with Crippen molar-refractivity contribution in [1.82, 2.24) is 5.32 Å². The molecule has 1 N–H and O–H groups in total. The topological polar surface area (TPSA) is 47.6 Å². The predicted octanol–water partition coefficient (Wildman–Crippen LogP) is 9.42. The first kappa shape index (κ1) is 33.2. The number of hydrogen-bond acceptors (Lipinski definition) is 4. The lowest BCUT2D eigenvalue weighted by Gasteiger charge is -2.30. The summed E-state index contributed by atoms with van der Waals surface area (Å²) in [5, 5.41) is 3.62. The van der Waals surface area contributed by atoms with Crippen molar-refractivity contribution in [3.05, 3.63) is 135 Å². The SMILES string of the molecule is CC(=O)Oc1c(C(C)(C)C)cc(CNCc2ccc(COC(c3ccc(C)cc3)c3ccc(C)cc3)cc2)cc1C(C)(C)C. The molecule has 4 nitrogen and oxygen atoms in total. The Balaban J connectivity index is 1.43. The summed E-state index contributed by atoms with van der Waals surface area (Å²) in [6.45, 7) is 20.6. The third-order valence-corrected chi connectivity index (χ3v) is 7.87. The molecule has 44 heavy (non-hydrogen) atoms. The molecule has 0 bridgehead atoms. The second kappa shape index (κ2) is 13.9. The van der Waals surface area contributed by atoms with E-state index in [1.54, 1.807) is 0 Å². The fourth-order valence-corrected chi connectivity index (χ4v) is 5.31. The van der Waals surface area contributed by atoms with E-state index >= 15 is 0 Å². The summed E-state index contributed by atoms with van der Waals surface area (Å²) >= 11 is 0. The van der Waals surface area contributed by atoms with Crippen molar-refractivity contribution in [2.24, 2.45) is 0 Å². The molecule has 4 aromatic carbocycles. The third kappa shape index (κ3) is 8.90. The molecule has 0 aliphatic rings. The van der Waals surface area contributed by atoms with Gasteiger partial charge in [-0.1, -0.05) is 138 Å². The normalized spacial score (nSPS) is 12.0. The van der Waals surface area contributed by atoms with E-state index in [0.29, 0.717) is 18.9 Å². The Kier molecular flexibility index (Phi) is 10.5. The summed E-state index contributed by atoms with van der Waals surface area (Å²) in [7, 11) is 0. The number of benzene rings is 4. The number of carbonyl (C=O) groups excluding carboxylic acids is 1. The molecule has 232 valence electrons. The van der Waals surface area contributed by atoms with Crippen LogP contribution in [0, 0.1) is 13.8 Å². The average molecular weight is 592 g/mol. The maximum atomic E-state index is 12.0. The molecular formula is C40H49NO3. The number of aryl methyl sites for hydroxylation is 2. The van der Waals surface area contributed by atoms with Gasteiger partial charge in [0.15, 0.2) is 0 Å². The third-order valence-electron chi connectivity index (χ3n) is 7.87. The van der Waals surface area contributed by atoms with Gasteiger partial charge in [-0.05, 0) is 52.5 Å². The monoisotopic (exact) mass is 591 g/mol. The fourth-order valence-electron chi connectivity index (χ4n) is 5.31. The number of carbonyl (C=O) groups is 1. The van der Waals surface area contributed by atoms with Crippen LogP contribution in [-0.2, 0) is 40.1 Å². The highest BCUT2D eigenvalue weighted by atomic mass is 16.5. The maximum Gasteiger partial charge on any atom is 0.308 e. The van der Waals surface area contributed by atoms with Crippen molar-refractivity contribution in [1.29, 1.82) is 0 Å². The first-order chi connectivity index (χ1) is 20.7. The summed E-state index contributed by atoms with van der Waals surface area (Å²) in [6.07, 6.45) is -0.124. The van der Waals surface area contributed by atoms with Crippen LogP contribution >= 0.6 is 0 Å². The van der Waals surface area contributed by atoms with E-state index in [9.17, 15) is 4.79 Å².